The van der Waals surface area contributed by atoms with E-state index in [1.54, 1.807) is 18.2 Å². The van der Waals surface area contributed by atoms with Crippen LogP contribution in [0.2, 0.25) is 0 Å². The van der Waals surface area contributed by atoms with E-state index < -0.39 is 0 Å². The molecule has 1 N–H and O–H groups in total. The van der Waals surface area contributed by atoms with Crippen molar-refractivity contribution in [2.45, 2.75) is 0 Å². The summed E-state index contributed by atoms with van der Waals surface area (Å²) in [4.78, 5) is 15.7. The number of nitrogens with zero attached hydrogens (tertiary/aromatic N) is 1. The number of fused-ring (bicyclic) bond motifs is 1. The minimum absolute atomic E-state index is 0.0189. The van der Waals surface area contributed by atoms with Crippen LogP contribution in [0.5, 0.6) is 0 Å². The van der Waals surface area contributed by atoms with Gasteiger partial charge in [0.15, 0.2) is 0 Å². The van der Waals surface area contributed by atoms with Crippen LogP contribution in [0.3, 0.4) is 0 Å². The van der Waals surface area contributed by atoms with Gasteiger partial charge in [-0.15, -0.1) is 11.3 Å². The molecule has 1 aromatic heterocycles. The second-order valence-corrected chi connectivity index (χ2v) is 4.77. The maximum Gasteiger partial charge on any atom is 0.246 e. The Morgan fingerprint density at radius 2 is 2.06 bits per heavy atom. The molecule has 0 unspecified atom stereocenters. The van der Waals surface area contributed by atoms with Crippen LogP contribution in [-0.4, -0.2) is 18.2 Å². The Kier molecular flexibility index (Phi) is 2.68. The molecule has 1 aromatic carbocycles. The van der Waals surface area contributed by atoms with E-state index in [9.17, 15) is 9.18 Å². The Labute approximate surface area is 107 Å². The van der Waals surface area contributed by atoms with Gasteiger partial charge in [0, 0.05) is 11.1 Å². The van der Waals surface area contributed by atoms with Crippen LogP contribution in [-0.2, 0) is 4.79 Å². The second kappa shape index (κ2) is 4.34. The van der Waals surface area contributed by atoms with Crippen molar-refractivity contribution in [1.82, 2.24) is 0 Å². The zero-order valence-electron chi connectivity index (χ0n) is 9.31. The normalized spacial score (nSPS) is 14.5. The predicted octanol–water partition coefficient (Wildman–Crippen LogP) is 2.68. The molecule has 0 saturated carbocycles. The summed E-state index contributed by atoms with van der Waals surface area (Å²) in [6, 6.07) is 8.30. The van der Waals surface area contributed by atoms with E-state index in [4.69, 9.17) is 0 Å². The van der Waals surface area contributed by atoms with Crippen LogP contribution in [0, 0.1) is 5.82 Å². The van der Waals surface area contributed by atoms with Crippen molar-refractivity contribution in [1.29, 1.82) is 0 Å². The van der Waals surface area contributed by atoms with Crippen LogP contribution in [0.1, 0.15) is 11.1 Å². The Hall–Kier alpha value is -2.01. The number of aliphatic imine (C=N–C) groups is 1. The highest BCUT2D eigenvalue weighted by atomic mass is 32.1. The molecule has 5 heteroatoms. The van der Waals surface area contributed by atoms with Gasteiger partial charge in [-0.25, -0.2) is 4.39 Å². The molecule has 18 heavy (non-hydrogen) atoms. The summed E-state index contributed by atoms with van der Waals surface area (Å²) in [7, 11) is 0. The van der Waals surface area contributed by atoms with E-state index in [-0.39, 0.29) is 18.3 Å². The summed E-state index contributed by atoms with van der Waals surface area (Å²) < 4.78 is 13.8. The van der Waals surface area contributed by atoms with Crippen molar-refractivity contribution in [3.05, 3.63) is 52.7 Å². The van der Waals surface area contributed by atoms with Gasteiger partial charge in [0.25, 0.3) is 0 Å². The van der Waals surface area contributed by atoms with Gasteiger partial charge in [-0.2, -0.15) is 0 Å². The smallest absolute Gasteiger partial charge is 0.246 e. The van der Waals surface area contributed by atoms with Crippen molar-refractivity contribution in [2.75, 3.05) is 11.9 Å². The zero-order chi connectivity index (χ0) is 12.5. The molecule has 1 amide bonds. The second-order valence-electron chi connectivity index (χ2n) is 3.86. The largest absolute Gasteiger partial charge is 0.316 e. The standard InChI is InChI=1S/C13H9FN2OS/c14-10-4-2-1-3-8(10)12-9-5-6-18-13(9)16-11(17)7-15-12/h1-6H,7H2,(H,16,17). The summed E-state index contributed by atoms with van der Waals surface area (Å²) in [5, 5.41) is 5.34. The number of hydrogen-bond acceptors (Lipinski definition) is 3. The number of nitrogens with one attached hydrogen (secondary N) is 1. The minimum Gasteiger partial charge on any atom is -0.316 e. The molecule has 3 rings (SSSR count). The van der Waals surface area contributed by atoms with Gasteiger partial charge in [0.2, 0.25) is 5.91 Å². The van der Waals surface area contributed by atoms with Gasteiger partial charge in [-0.1, -0.05) is 12.1 Å². The number of hydrogen-bond donors (Lipinski definition) is 1. The third-order valence-electron chi connectivity index (χ3n) is 2.68. The first-order valence-electron chi connectivity index (χ1n) is 5.43. The van der Waals surface area contributed by atoms with Gasteiger partial charge in [-0.3, -0.25) is 9.79 Å². The number of carbonyl (C=O) groups is 1. The fourth-order valence-corrected chi connectivity index (χ4v) is 2.68. The lowest BCUT2D eigenvalue weighted by atomic mass is 10.0. The number of halogens is 1. The lowest BCUT2D eigenvalue weighted by Gasteiger charge is -2.06. The topological polar surface area (TPSA) is 41.5 Å². The molecule has 0 saturated heterocycles. The van der Waals surface area contributed by atoms with E-state index in [1.165, 1.54) is 17.4 Å². The third-order valence-corrected chi connectivity index (χ3v) is 3.51. The first-order valence-corrected chi connectivity index (χ1v) is 6.31. The number of amides is 1. The van der Waals surface area contributed by atoms with Crippen molar-refractivity contribution in [3.63, 3.8) is 0 Å². The van der Waals surface area contributed by atoms with E-state index >= 15 is 0 Å². The van der Waals surface area contributed by atoms with E-state index in [1.807, 2.05) is 11.4 Å². The summed E-state index contributed by atoms with van der Waals surface area (Å²) >= 11 is 1.41. The Bertz CT molecular complexity index is 648. The molecule has 90 valence electrons. The molecule has 2 heterocycles. The maximum absolute atomic E-state index is 13.8. The van der Waals surface area contributed by atoms with Crippen molar-refractivity contribution in [3.8, 4) is 0 Å². The quantitative estimate of drug-likeness (QED) is 0.841. The maximum atomic E-state index is 13.8. The van der Waals surface area contributed by atoms with Gasteiger partial charge in [0.05, 0.1) is 5.71 Å². The van der Waals surface area contributed by atoms with E-state index in [0.717, 1.165) is 10.6 Å². The molecule has 1 aliphatic heterocycles. The molecule has 2 aromatic rings. The molecular weight excluding hydrogens is 251 g/mol. The van der Waals surface area contributed by atoms with Crippen LogP contribution in [0.15, 0.2) is 40.7 Å². The highest BCUT2D eigenvalue weighted by molar-refractivity contribution is 7.14. The van der Waals surface area contributed by atoms with Gasteiger partial charge in [0.1, 0.15) is 17.4 Å². The molecule has 0 spiro atoms. The molecule has 0 aliphatic carbocycles. The Morgan fingerprint density at radius 3 is 2.89 bits per heavy atom. The van der Waals surface area contributed by atoms with Crippen LogP contribution in [0.4, 0.5) is 9.39 Å². The van der Waals surface area contributed by atoms with Gasteiger partial charge in [-0.05, 0) is 23.6 Å². The average Bonchev–Trinajstić information content (AvgIpc) is 2.74. The van der Waals surface area contributed by atoms with Crippen molar-refractivity contribution in [2.24, 2.45) is 4.99 Å². The molecule has 3 nitrogen and oxygen atoms in total. The number of rotatable bonds is 1. The molecule has 0 radical (unpaired) electrons. The molecule has 0 fully saturated rings. The number of anilines is 1. The summed E-state index contributed by atoms with van der Waals surface area (Å²) in [5.41, 5.74) is 1.73. The fraction of sp³-hybridized carbons (Fsp3) is 0.0769. The van der Waals surface area contributed by atoms with Crippen molar-refractivity contribution >= 4 is 28.0 Å². The highest BCUT2D eigenvalue weighted by Gasteiger charge is 2.20. The molecule has 0 atom stereocenters. The lowest BCUT2D eigenvalue weighted by Crippen LogP contribution is -2.12. The first-order chi connectivity index (χ1) is 8.75. The monoisotopic (exact) mass is 260 g/mol. The van der Waals surface area contributed by atoms with Gasteiger partial charge >= 0.3 is 0 Å². The highest BCUT2D eigenvalue weighted by Crippen LogP contribution is 2.28. The Balaban J connectivity index is 2.18. The Morgan fingerprint density at radius 1 is 1.22 bits per heavy atom. The summed E-state index contributed by atoms with van der Waals surface area (Å²) in [6.45, 7) is 0.0189. The number of carbonyl (C=O) groups excluding carboxylic acids is 1. The van der Waals surface area contributed by atoms with Gasteiger partial charge < -0.3 is 5.32 Å². The summed E-state index contributed by atoms with van der Waals surface area (Å²) in [5.74, 6) is -0.507. The summed E-state index contributed by atoms with van der Waals surface area (Å²) in [6.07, 6.45) is 0. The average molecular weight is 260 g/mol. The molecule has 1 aliphatic rings. The molecule has 0 bridgehead atoms. The minimum atomic E-state index is -0.331. The fourth-order valence-electron chi connectivity index (χ4n) is 1.88. The predicted molar refractivity (Wildman–Crippen MR) is 69.9 cm³/mol. The molecular formula is C13H9FN2OS. The lowest BCUT2D eigenvalue weighted by molar-refractivity contribution is -0.114. The van der Waals surface area contributed by atoms with E-state index in [2.05, 4.69) is 10.3 Å². The van der Waals surface area contributed by atoms with Crippen LogP contribution >= 0.6 is 11.3 Å². The van der Waals surface area contributed by atoms with E-state index in [0.29, 0.717) is 11.3 Å². The zero-order valence-corrected chi connectivity index (χ0v) is 10.1. The van der Waals surface area contributed by atoms with Crippen LogP contribution < -0.4 is 5.32 Å². The number of benzene rings is 1. The number of thiophene rings is 1. The third kappa shape index (κ3) is 1.82. The van der Waals surface area contributed by atoms with Crippen molar-refractivity contribution < 1.29 is 9.18 Å². The van der Waals surface area contributed by atoms with Crippen LogP contribution in [0.25, 0.3) is 0 Å². The first kappa shape index (κ1) is 11.1. The SMILES string of the molecule is O=C1CN=C(c2ccccc2F)c2ccsc2N1.